The van der Waals surface area contributed by atoms with Gasteiger partial charge in [-0.2, -0.15) is 15.8 Å². The first-order chi connectivity index (χ1) is 10.2. The van der Waals surface area contributed by atoms with E-state index in [1.165, 1.54) is 0 Å². The predicted octanol–water partition coefficient (Wildman–Crippen LogP) is 3.02. The Kier molecular flexibility index (Phi) is 4.05. The Balaban J connectivity index is 2.47. The van der Waals surface area contributed by atoms with Gasteiger partial charge in [-0.3, -0.25) is 0 Å². The number of rotatable bonds is 3. The molecule has 2 aromatic rings. The van der Waals surface area contributed by atoms with E-state index in [4.69, 9.17) is 15.8 Å². The maximum Gasteiger partial charge on any atom is 0.163 e. The second-order valence-corrected chi connectivity index (χ2v) is 4.25. The second-order valence-electron chi connectivity index (χ2n) is 4.25. The van der Waals surface area contributed by atoms with Gasteiger partial charge in [-0.15, -0.1) is 0 Å². The molecule has 0 bridgehead atoms. The van der Waals surface area contributed by atoms with Crippen LogP contribution in [0.1, 0.15) is 5.56 Å². The van der Waals surface area contributed by atoms with E-state index in [9.17, 15) is 0 Å². The van der Waals surface area contributed by atoms with E-state index in [-0.39, 0.29) is 11.3 Å². The van der Waals surface area contributed by atoms with Crippen LogP contribution in [-0.4, -0.2) is 4.57 Å². The smallest absolute Gasteiger partial charge is 0.163 e. The van der Waals surface area contributed by atoms with Gasteiger partial charge in [0.05, 0.1) is 0 Å². The van der Waals surface area contributed by atoms with E-state index >= 15 is 0 Å². The number of nitrogens with zero attached hydrogens (tertiary/aromatic N) is 4. The molecule has 1 N–H and O–H groups in total. The van der Waals surface area contributed by atoms with Crippen LogP contribution in [0.5, 0.6) is 0 Å². The highest BCUT2D eigenvalue weighted by molar-refractivity contribution is 5.65. The fourth-order valence-electron chi connectivity index (χ4n) is 1.95. The average Bonchev–Trinajstić information content (AvgIpc) is 3.03. The lowest BCUT2D eigenvalue weighted by atomic mass is 10.1. The maximum atomic E-state index is 9.09. The van der Waals surface area contributed by atoms with Crippen molar-refractivity contribution in [2.24, 2.45) is 0 Å². The lowest BCUT2D eigenvalue weighted by molar-refractivity contribution is 1.06. The van der Waals surface area contributed by atoms with E-state index in [2.05, 4.69) is 5.32 Å². The van der Waals surface area contributed by atoms with Crippen molar-refractivity contribution in [3.05, 3.63) is 59.6 Å². The third kappa shape index (κ3) is 2.76. The first kappa shape index (κ1) is 13.9. The lowest BCUT2D eigenvalue weighted by Crippen LogP contribution is -2.04. The van der Waals surface area contributed by atoms with Gasteiger partial charge in [-0.1, -0.05) is 6.07 Å². The molecule has 0 fully saturated rings. The van der Waals surface area contributed by atoms with Crippen LogP contribution in [0.2, 0.25) is 0 Å². The molecule has 0 radical (unpaired) electrons. The van der Waals surface area contributed by atoms with Crippen LogP contribution in [0.4, 0.5) is 5.69 Å². The van der Waals surface area contributed by atoms with Gasteiger partial charge in [0.2, 0.25) is 0 Å². The highest BCUT2D eigenvalue weighted by Gasteiger charge is 2.10. The van der Waals surface area contributed by atoms with Crippen LogP contribution in [0, 0.1) is 40.9 Å². The predicted molar refractivity (Wildman–Crippen MR) is 78.0 cm³/mol. The average molecular weight is 273 g/mol. The van der Waals surface area contributed by atoms with E-state index in [0.717, 1.165) is 11.3 Å². The molecule has 0 atom stereocenters. The van der Waals surface area contributed by atoms with Crippen molar-refractivity contribution in [2.45, 2.75) is 6.92 Å². The first-order valence-corrected chi connectivity index (χ1v) is 6.15. The SMILES string of the molecule is Cc1c(NC(C#N)=C(C#N)C#N)cccc1-n1cccc1. The molecule has 0 aliphatic carbocycles. The molecule has 5 nitrogen and oxygen atoms in total. The Labute approximate surface area is 122 Å². The molecular weight excluding hydrogens is 262 g/mol. The zero-order chi connectivity index (χ0) is 15.2. The monoisotopic (exact) mass is 273 g/mol. The second kappa shape index (κ2) is 6.10. The lowest BCUT2D eigenvalue weighted by Gasteiger charge is -2.13. The minimum Gasteiger partial charge on any atom is -0.345 e. The molecule has 0 saturated heterocycles. The van der Waals surface area contributed by atoms with Crippen molar-refractivity contribution in [1.29, 1.82) is 15.8 Å². The number of benzene rings is 1. The van der Waals surface area contributed by atoms with Crippen LogP contribution in [0.3, 0.4) is 0 Å². The molecule has 100 valence electrons. The molecule has 1 aromatic carbocycles. The standard InChI is InChI=1S/C16H11N5/c1-12-14(20-15(11-19)13(9-17)10-18)5-4-6-16(12)21-7-2-3-8-21/h2-8,20H,1H3. The van der Waals surface area contributed by atoms with Crippen molar-refractivity contribution >= 4 is 5.69 Å². The summed E-state index contributed by atoms with van der Waals surface area (Å²) < 4.78 is 1.95. The number of nitrogens with one attached hydrogen (secondary N) is 1. The molecule has 2 rings (SSSR count). The van der Waals surface area contributed by atoms with Gasteiger partial charge >= 0.3 is 0 Å². The number of nitriles is 3. The van der Waals surface area contributed by atoms with Gasteiger partial charge in [0.25, 0.3) is 0 Å². The van der Waals surface area contributed by atoms with Gasteiger partial charge in [-0.25, -0.2) is 0 Å². The Morgan fingerprint density at radius 2 is 1.67 bits per heavy atom. The summed E-state index contributed by atoms with van der Waals surface area (Å²) in [5.41, 5.74) is 2.27. The van der Waals surface area contributed by atoms with E-state index < -0.39 is 0 Å². The van der Waals surface area contributed by atoms with Crippen molar-refractivity contribution in [1.82, 2.24) is 4.57 Å². The fraction of sp³-hybridized carbons (Fsp3) is 0.0625. The summed E-state index contributed by atoms with van der Waals surface area (Å²) in [4.78, 5) is 0. The number of allylic oxidation sites excluding steroid dienone is 2. The summed E-state index contributed by atoms with van der Waals surface area (Å²) in [5, 5.41) is 29.7. The largest absolute Gasteiger partial charge is 0.345 e. The summed E-state index contributed by atoms with van der Waals surface area (Å²) in [7, 11) is 0. The van der Waals surface area contributed by atoms with E-state index in [0.29, 0.717) is 5.69 Å². The zero-order valence-electron chi connectivity index (χ0n) is 11.3. The van der Waals surface area contributed by atoms with Gasteiger partial charge in [0.15, 0.2) is 5.57 Å². The zero-order valence-corrected chi connectivity index (χ0v) is 11.3. The number of anilines is 1. The molecule has 0 spiro atoms. The Hall–Kier alpha value is -3.49. The van der Waals surface area contributed by atoms with Crippen molar-refractivity contribution in [3.8, 4) is 23.9 Å². The van der Waals surface area contributed by atoms with Gasteiger partial charge in [0.1, 0.15) is 23.9 Å². The van der Waals surface area contributed by atoms with Gasteiger partial charge in [0, 0.05) is 23.8 Å². The third-order valence-corrected chi connectivity index (χ3v) is 3.03. The maximum absolute atomic E-state index is 9.09. The van der Waals surface area contributed by atoms with Crippen molar-refractivity contribution < 1.29 is 0 Å². The summed E-state index contributed by atoms with van der Waals surface area (Å²) in [5.74, 6) is 0. The topological polar surface area (TPSA) is 88.3 Å². The number of hydrogen-bond acceptors (Lipinski definition) is 4. The molecular formula is C16H11N5. The van der Waals surface area contributed by atoms with E-state index in [1.54, 1.807) is 18.2 Å². The molecule has 0 unspecified atom stereocenters. The Morgan fingerprint density at radius 3 is 2.24 bits per heavy atom. The fourth-order valence-corrected chi connectivity index (χ4v) is 1.95. The molecule has 0 amide bonds. The Morgan fingerprint density at radius 1 is 1.00 bits per heavy atom. The van der Waals surface area contributed by atoms with Crippen LogP contribution < -0.4 is 5.32 Å². The number of aromatic nitrogens is 1. The molecule has 1 heterocycles. The highest BCUT2D eigenvalue weighted by atomic mass is 15.0. The van der Waals surface area contributed by atoms with Crippen molar-refractivity contribution in [2.75, 3.05) is 5.32 Å². The summed E-state index contributed by atoms with van der Waals surface area (Å²) in [6.07, 6.45) is 3.84. The number of hydrogen-bond donors (Lipinski definition) is 1. The first-order valence-electron chi connectivity index (χ1n) is 6.15. The minimum absolute atomic E-state index is 0.0484. The highest BCUT2D eigenvalue weighted by Crippen LogP contribution is 2.24. The summed E-state index contributed by atoms with van der Waals surface area (Å²) >= 11 is 0. The molecule has 1 aromatic heterocycles. The minimum atomic E-state index is -0.233. The molecule has 0 saturated carbocycles. The quantitative estimate of drug-likeness (QED) is 0.870. The van der Waals surface area contributed by atoms with Gasteiger partial charge < -0.3 is 9.88 Å². The summed E-state index contributed by atoms with van der Waals surface area (Å²) in [6, 6.07) is 14.7. The van der Waals surface area contributed by atoms with Crippen molar-refractivity contribution in [3.63, 3.8) is 0 Å². The molecule has 0 aliphatic heterocycles. The van der Waals surface area contributed by atoms with Crippen LogP contribution in [0.25, 0.3) is 5.69 Å². The Bertz CT molecular complexity index is 792. The normalized spacial score (nSPS) is 9.05. The molecule has 21 heavy (non-hydrogen) atoms. The molecule has 0 aliphatic rings. The molecule has 5 heteroatoms. The third-order valence-electron chi connectivity index (χ3n) is 3.03. The van der Waals surface area contributed by atoms with Crippen LogP contribution >= 0.6 is 0 Å². The summed E-state index contributed by atoms with van der Waals surface area (Å²) in [6.45, 7) is 1.91. The van der Waals surface area contributed by atoms with Crippen LogP contribution in [-0.2, 0) is 0 Å². The van der Waals surface area contributed by atoms with Gasteiger partial charge in [-0.05, 0) is 36.8 Å². The van der Waals surface area contributed by atoms with E-state index in [1.807, 2.05) is 54.2 Å². The van der Waals surface area contributed by atoms with Crippen LogP contribution in [0.15, 0.2) is 54.0 Å².